The van der Waals surface area contributed by atoms with Gasteiger partial charge in [-0.2, -0.15) is 0 Å². The molecule has 1 heterocycles. The molecule has 3 nitrogen and oxygen atoms in total. The van der Waals surface area contributed by atoms with E-state index in [1.165, 1.54) is 19.3 Å². The van der Waals surface area contributed by atoms with Crippen LogP contribution in [0.3, 0.4) is 0 Å². The summed E-state index contributed by atoms with van der Waals surface area (Å²) in [4.78, 5) is 14.2. The van der Waals surface area contributed by atoms with E-state index in [4.69, 9.17) is 0 Å². The number of nitrogens with zero attached hydrogens (tertiary/aromatic N) is 1. The Morgan fingerprint density at radius 1 is 1.41 bits per heavy atom. The summed E-state index contributed by atoms with van der Waals surface area (Å²) < 4.78 is 0. The van der Waals surface area contributed by atoms with Crippen LogP contribution < -0.4 is 5.32 Å². The van der Waals surface area contributed by atoms with Crippen LogP contribution in [0.25, 0.3) is 0 Å². The largest absolute Gasteiger partial charge is 0.341 e. The van der Waals surface area contributed by atoms with Gasteiger partial charge in [0.1, 0.15) is 0 Å². The molecule has 1 unspecified atom stereocenters. The molecule has 0 bridgehead atoms. The molecule has 1 aliphatic rings. The Morgan fingerprint density at radius 3 is 2.71 bits per heavy atom. The standard InChI is InChI=1S/C14H28N2O/c1-4-9-16(14(17)10-12(2)3)11-13-7-5-6-8-15-13/h12-13,15H,4-11H2,1-3H3. The monoisotopic (exact) mass is 240 g/mol. The fourth-order valence-corrected chi connectivity index (χ4v) is 2.41. The lowest BCUT2D eigenvalue weighted by atomic mass is 10.0. The molecule has 1 rings (SSSR count). The highest BCUT2D eigenvalue weighted by molar-refractivity contribution is 5.76. The predicted molar refractivity (Wildman–Crippen MR) is 72.0 cm³/mol. The average molecular weight is 240 g/mol. The third-order valence-electron chi connectivity index (χ3n) is 3.28. The van der Waals surface area contributed by atoms with Crippen molar-refractivity contribution in [2.45, 2.75) is 58.9 Å². The number of piperidine rings is 1. The molecule has 1 saturated heterocycles. The molecule has 1 atom stereocenters. The van der Waals surface area contributed by atoms with E-state index in [0.29, 0.717) is 24.3 Å². The number of nitrogens with one attached hydrogen (secondary N) is 1. The zero-order valence-corrected chi connectivity index (χ0v) is 11.7. The minimum atomic E-state index is 0.328. The Hall–Kier alpha value is -0.570. The second kappa shape index (κ2) is 7.70. The molecule has 0 aliphatic carbocycles. The minimum Gasteiger partial charge on any atom is -0.341 e. The molecular weight excluding hydrogens is 212 g/mol. The van der Waals surface area contributed by atoms with Gasteiger partial charge in [0.05, 0.1) is 0 Å². The second-order valence-corrected chi connectivity index (χ2v) is 5.58. The fraction of sp³-hybridized carbons (Fsp3) is 0.929. The first kappa shape index (κ1) is 14.5. The maximum atomic E-state index is 12.1. The molecule has 100 valence electrons. The van der Waals surface area contributed by atoms with Crippen LogP contribution in [0.5, 0.6) is 0 Å². The quantitative estimate of drug-likeness (QED) is 0.773. The highest BCUT2D eigenvalue weighted by Crippen LogP contribution is 2.11. The SMILES string of the molecule is CCCN(CC1CCCCN1)C(=O)CC(C)C. The van der Waals surface area contributed by atoms with E-state index in [-0.39, 0.29) is 0 Å². The molecule has 1 fully saturated rings. The summed E-state index contributed by atoms with van der Waals surface area (Å²) in [6.07, 6.45) is 5.54. The molecule has 0 spiro atoms. The molecule has 1 amide bonds. The molecule has 1 N–H and O–H groups in total. The smallest absolute Gasteiger partial charge is 0.222 e. The third kappa shape index (κ3) is 5.53. The second-order valence-electron chi connectivity index (χ2n) is 5.58. The van der Waals surface area contributed by atoms with Crippen LogP contribution in [-0.2, 0) is 4.79 Å². The van der Waals surface area contributed by atoms with Crippen LogP contribution in [-0.4, -0.2) is 36.5 Å². The van der Waals surface area contributed by atoms with Gasteiger partial charge in [0.25, 0.3) is 0 Å². The highest BCUT2D eigenvalue weighted by atomic mass is 16.2. The fourth-order valence-electron chi connectivity index (χ4n) is 2.41. The summed E-state index contributed by atoms with van der Waals surface area (Å²) in [6, 6.07) is 0.520. The maximum Gasteiger partial charge on any atom is 0.222 e. The van der Waals surface area contributed by atoms with Crippen molar-refractivity contribution in [3.05, 3.63) is 0 Å². The molecule has 17 heavy (non-hydrogen) atoms. The Labute approximate surface area is 106 Å². The van der Waals surface area contributed by atoms with Crippen molar-refractivity contribution in [3.8, 4) is 0 Å². The third-order valence-corrected chi connectivity index (χ3v) is 3.28. The van der Waals surface area contributed by atoms with Crippen molar-refractivity contribution < 1.29 is 4.79 Å². The van der Waals surface area contributed by atoms with Crippen molar-refractivity contribution in [3.63, 3.8) is 0 Å². The molecule has 1 aliphatic heterocycles. The van der Waals surface area contributed by atoms with Crippen LogP contribution in [0.15, 0.2) is 0 Å². The molecule has 0 aromatic heterocycles. The van der Waals surface area contributed by atoms with Crippen LogP contribution >= 0.6 is 0 Å². The van der Waals surface area contributed by atoms with Gasteiger partial charge < -0.3 is 10.2 Å². The first-order valence-electron chi connectivity index (χ1n) is 7.14. The van der Waals surface area contributed by atoms with Gasteiger partial charge in [-0.05, 0) is 31.7 Å². The molecule has 0 aromatic rings. The van der Waals surface area contributed by atoms with E-state index in [0.717, 1.165) is 26.1 Å². The van der Waals surface area contributed by atoms with Crippen LogP contribution in [0.1, 0.15) is 52.9 Å². The Morgan fingerprint density at radius 2 is 2.18 bits per heavy atom. The Bertz CT molecular complexity index is 222. The maximum absolute atomic E-state index is 12.1. The van der Waals surface area contributed by atoms with Crippen molar-refractivity contribution in [1.29, 1.82) is 0 Å². The lowest BCUT2D eigenvalue weighted by molar-refractivity contribution is -0.132. The van der Waals surface area contributed by atoms with Gasteiger partial charge in [0, 0.05) is 25.6 Å². The van der Waals surface area contributed by atoms with Crippen molar-refractivity contribution in [2.75, 3.05) is 19.6 Å². The van der Waals surface area contributed by atoms with Crippen LogP contribution in [0.4, 0.5) is 0 Å². The van der Waals surface area contributed by atoms with E-state index in [2.05, 4.69) is 31.0 Å². The molecule has 0 radical (unpaired) electrons. The summed E-state index contributed by atoms with van der Waals surface area (Å²) in [5, 5.41) is 3.52. The topological polar surface area (TPSA) is 32.3 Å². The molecule has 3 heteroatoms. The number of rotatable bonds is 6. The number of carbonyl (C=O) groups is 1. The first-order valence-corrected chi connectivity index (χ1v) is 7.14. The first-order chi connectivity index (χ1) is 8.13. The summed E-state index contributed by atoms with van der Waals surface area (Å²) in [6.45, 7) is 9.29. The Balaban J connectivity index is 2.43. The van der Waals surface area contributed by atoms with Gasteiger partial charge in [-0.15, -0.1) is 0 Å². The highest BCUT2D eigenvalue weighted by Gasteiger charge is 2.20. The van der Waals surface area contributed by atoms with Gasteiger partial charge in [-0.25, -0.2) is 0 Å². The molecule has 0 saturated carbocycles. The van der Waals surface area contributed by atoms with Crippen molar-refractivity contribution in [2.24, 2.45) is 5.92 Å². The normalized spacial score (nSPS) is 20.6. The molecule has 0 aromatic carbocycles. The van der Waals surface area contributed by atoms with Crippen LogP contribution in [0.2, 0.25) is 0 Å². The van der Waals surface area contributed by atoms with Gasteiger partial charge in [-0.3, -0.25) is 4.79 Å². The van der Waals surface area contributed by atoms with E-state index in [1.807, 2.05) is 0 Å². The predicted octanol–water partition coefficient (Wildman–Crippen LogP) is 2.41. The van der Waals surface area contributed by atoms with E-state index in [1.54, 1.807) is 0 Å². The summed E-state index contributed by atoms with van der Waals surface area (Å²) >= 11 is 0. The zero-order chi connectivity index (χ0) is 12.7. The van der Waals surface area contributed by atoms with Gasteiger partial charge >= 0.3 is 0 Å². The summed E-state index contributed by atoms with van der Waals surface area (Å²) in [7, 11) is 0. The molecular formula is C14H28N2O. The van der Waals surface area contributed by atoms with E-state index in [9.17, 15) is 4.79 Å². The van der Waals surface area contributed by atoms with E-state index < -0.39 is 0 Å². The van der Waals surface area contributed by atoms with Crippen molar-refractivity contribution >= 4 is 5.91 Å². The summed E-state index contributed by atoms with van der Waals surface area (Å²) in [5.41, 5.74) is 0. The lowest BCUT2D eigenvalue weighted by Gasteiger charge is -2.31. The van der Waals surface area contributed by atoms with Crippen LogP contribution in [0, 0.1) is 5.92 Å². The summed E-state index contributed by atoms with van der Waals surface area (Å²) in [5.74, 6) is 0.787. The number of amides is 1. The minimum absolute atomic E-state index is 0.328. The average Bonchev–Trinajstić information content (AvgIpc) is 2.29. The number of hydrogen-bond donors (Lipinski definition) is 1. The number of hydrogen-bond acceptors (Lipinski definition) is 2. The number of carbonyl (C=O) groups excluding carboxylic acids is 1. The van der Waals surface area contributed by atoms with Gasteiger partial charge in [0.2, 0.25) is 5.91 Å². The zero-order valence-electron chi connectivity index (χ0n) is 11.7. The van der Waals surface area contributed by atoms with Gasteiger partial charge in [0.15, 0.2) is 0 Å². The lowest BCUT2D eigenvalue weighted by Crippen LogP contribution is -2.46. The van der Waals surface area contributed by atoms with E-state index >= 15 is 0 Å². The van der Waals surface area contributed by atoms with Gasteiger partial charge in [-0.1, -0.05) is 27.2 Å². The Kier molecular flexibility index (Phi) is 6.56. The van der Waals surface area contributed by atoms with Crippen molar-refractivity contribution in [1.82, 2.24) is 10.2 Å².